The first kappa shape index (κ1) is 29.8. The minimum Gasteiger partial charge on any atom is -0.315 e. The molecule has 7 aromatic carbocycles. The molecule has 0 unspecified atom stereocenters. The molecule has 3 heterocycles. The third-order valence-electron chi connectivity index (χ3n) is 9.77. The number of hydrogen-bond acceptors (Lipinski definition) is 3. The fourth-order valence-electron chi connectivity index (χ4n) is 7.42. The van der Waals surface area contributed by atoms with Crippen molar-refractivity contribution in [2.45, 2.75) is 0 Å². The Labute approximate surface area is 300 Å². The summed E-state index contributed by atoms with van der Waals surface area (Å²) in [6.45, 7) is 0. The SMILES string of the molecule is c1ccc(-c2nc(-c3ccccc3)nc(-c3cccc(-c4cc5ccn(-c6ccccc6)c5c5c4c4ccccc4n5-c4ccccc4)c3)n2)cc1. The van der Waals surface area contributed by atoms with Gasteiger partial charge in [-0.05, 0) is 59.7 Å². The van der Waals surface area contributed by atoms with Crippen LogP contribution in [0.2, 0.25) is 0 Å². The predicted molar refractivity (Wildman–Crippen MR) is 213 cm³/mol. The van der Waals surface area contributed by atoms with Crippen molar-refractivity contribution in [3.8, 4) is 56.7 Å². The topological polar surface area (TPSA) is 48.5 Å². The standard InChI is InChI=1S/C47H31N5/c1-5-16-32(17-6-1)45-48-46(33-18-7-2-8-19-33)50-47(49-45)36-21-15-20-34(30-36)40-31-35-28-29-51(37-22-9-3-10-23-37)43(35)44-42(40)39-26-13-14-27-41(39)52(44)38-24-11-4-12-25-38/h1-31H. The molecular formula is C47H31N5. The molecule has 0 aliphatic heterocycles. The molecule has 0 radical (unpaired) electrons. The lowest BCUT2D eigenvalue weighted by atomic mass is 9.96. The second-order valence-corrected chi connectivity index (χ2v) is 12.9. The molecule has 0 bridgehead atoms. The molecule has 5 nitrogen and oxygen atoms in total. The Morgan fingerprint density at radius 2 is 0.904 bits per heavy atom. The highest BCUT2D eigenvalue weighted by Crippen LogP contribution is 2.44. The zero-order chi connectivity index (χ0) is 34.4. The number of fused-ring (bicyclic) bond motifs is 5. The number of para-hydroxylation sites is 3. The van der Waals surface area contributed by atoms with E-state index in [0.717, 1.165) is 55.6 Å². The van der Waals surface area contributed by atoms with E-state index in [2.05, 4.69) is 137 Å². The molecule has 0 spiro atoms. The Morgan fingerprint density at radius 3 is 1.56 bits per heavy atom. The smallest absolute Gasteiger partial charge is 0.164 e. The van der Waals surface area contributed by atoms with Gasteiger partial charge in [0, 0.05) is 50.4 Å². The average Bonchev–Trinajstić information content (AvgIpc) is 3.81. The maximum absolute atomic E-state index is 5.05. The largest absolute Gasteiger partial charge is 0.315 e. The molecule has 0 amide bonds. The Bertz CT molecular complexity index is 2820. The zero-order valence-corrected chi connectivity index (χ0v) is 28.1. The van der Waals surface area contributed by atoms with Crippen molar-refractivity contribution in [3.63, 3.8) is 0 Å². The van der Waals surface area contributed by atoms with Crippen LogP contribution in [0, 0.1) is 0 Å². The zero-order valence-electron chi connectivity index (χ0n) is 28.1. The molecule has 10 rings (SSSR count). The van der Waals surface area contributed by atoms with Crippen molar-refractivity contribution in [1.29, 1.82) is 0 Å². The summed E-state index contributed by atoms with van der Waals surface area (Å²) in [7, 11) is 0. The summed E-state index contributed by atoms with van der Waals surface area (Å²) < 4.78 is 4.74. The van der Waals surface area contributed by atoms with Gasteiger partial charge in [0.25, 0.3) is 0 Å². The molecule has 0 aliphatic rings. The van der Waals surface area contributed by atoms with Gasteiger partial charge in [0.15, 0.2) is 17.5 Å². The average molecular weight is 666 g/mol. The van der Waals surface area contributed by atoms with Crippen molar-refractivity contribution in [2.24, 2.45) is 0 Å². The van der Waals surface area contributed by atoms with Gasteiger partial charge in [-0.1, -0.05) is 133 Å². The fraction of sp³-hybridized carbons (Fsp3) is 0. The van der Waals surface area contributed by atoms with Crippen LogP contribution in [0.4, 0.5) is 0 Å². The van der Waals surface area contributed by atoms with Gasteiger partial charge in [0.05, 0.1) is 16.6 Å². The molecular weight excluding hydrogens is 635 g/mol. The lowest BCUT2D eigenvalue weighted by Crippen LogP contribution is -2.00. The van der Waals surface area contributed by atoms with E-state index >= 15 is 0 Å². The first-order valence-corrected chi connectivity index (χ1v) is 17.5. The van der Waals surface area contributed by atoms with E-state index in [-0.39, 0.29) is 0 Å². The van der Waals surface area contributed by atoms with E-state index in [1.807, 2.05) is 60.7 Å². The number of rotatable bonds is 6. The number of hydrogen-bond donors (Lipinski definition) is 0. The van der Waals surface area contributed by atoms with Crippen molar-refractivity contribution >= 4 is 32.7 Å². The fourth-order valence-corrected chi connectivity index (χ4v) is 7.42. The van der Waals surface area contributed by atoms with E-state index < -0.39 is 0 Å². The maximum Gasteiger partial charge on any atom is 0.164 e. The highest BCUT2D eigenvalue weighted by atomic mass is 15.0. The lowest BCUT2D eigenvalue weighted by molar-refractivity contribution is 1.07. The molecule has 0 aliphatic carbocycles. The van der Waals surface area contributed by atoms with Crippen molar-refractivity contribution in [3.05, 3.63) is 188 Å². The Hall–Kier alpha value is -7.11. The molecule has 5 heteroatoms. The van der Waals surface area contributed by atoms with E-state index in [0.29, 0.717) is 17.5 Å². The maximum atomic E-state index is 5.05. The summed E-state index contributed by atoms with van der Waals surface area (Å²) in [5.74, 6) is 1.92. The van der Waals surface area contributed by atoms with Gasteiger partial charge in [-0.2, -0.15) is 0 Å². The van der Waals surface area contributed by atoms with Crippen LogP contribution in [0.25, 0.3) is 89.4 Å². The minimum absolute atomic E-state index is 0.633. The Kier molecular flexibility index (Phi) is 7.07. The molecule has 10 aromatic rings. The van der Waals surface area contributed by atoms with E-state index in [4.69, 9.17) is 15.0 Å². The van der Waals surface area contributed by atoms with Crippen LogP contribution in [0.15, 0.2) is 188 Å². The quantitative estimate of drug-likeness (QED) is 0.178. The summed E-state index contributed by atoms with van der Waals surface area (Å²) in [5.41, 5.74) is 10.8. The summed E-state index contributed by atoms with van der Waals surface area (Å²) in [6, 6.07) is 63.4. The first-order chi connectivity index (χ1) is 25.8. The molecule has 244 valence electrons. The van der Waals surface area contributed by atoms with Gasteiger partial charge in [0.2, 0.25) is 0 Å². The van der Waals surface area contributed by atoms with Crippen molar-refractivity contribution in [1.82, 2.24) is 24.1 Å². The summed E-state index contributed by atoms with van der Waals surface area (Å²) >= 11 is 0. The van der Waals surface area contributed by atoms with Crippen molar-refractivity contribution < 1.29 is 0 Å². The van der Waals surface area contributed by atoms with Crippen LogP contribution in [-0.4, -0.2) is 24.1 Å². The highest BCUT2D eigenvalue weighted by molar-refractivity contribution is 6.23. The lowest BCUT2D eigenvalue weighted by Gasteiger charge is -2.14. The van der Waals surface area contributed by atoms with Crippen LogP contribution >= 0.6 is 0 Å². The monoisotopic (exact) mass is 665 g/mol. The molecule has 3 aromatic heterocycles. The van der Waals surface area contributed by atoms with Gasteiger partial charge in [-0.25, -0.2) is 15.0 Å². The third kappa shape index (κ3) is 4.98. The van der Waals surface area contributed by atoms with Gasteiger partial charge in [-0.3, -0.25) is 0 Å². The van der Waals surface area contributed by atoms with Crippen LogP contribution < -0.4 is 0 Å². The molecule has 0 saturated heterocycles. The first-order valence-electron chi connectivity index (χ1n) is 17.5. The van der Waals surface area contributed by atoms with E-state index in [9.17, 15) is 0 Å². The summed E-state index contributed by atoms with van der Waals surface area (Å²) in [4.78, 5) is 15.0. The normalized spacial score (nSPS) is 11.5. The van der Waals surface area contributed by atoms with Crippen molar-refractivity contribution in [2.75, 3.05) is 0 Å². The molecule has 0 saturated carbocycles. The molecule has 0 N–H and O–H groups in total. The predicted octanol–water partition coefficient (Wildman–Crippen LogP) is 11.6. The minimum atomic E-state index is 0.633. The van der Waals surface area contributed by atoms with Crippen LogP contribution in [-0.2, 0) is 0 Å². The summed E-state index contributed by atoms with van der Waals surface area (Å²) in [5, 5.41) is 3.56. The van der Waals surface area contributed by atoms with Gasteiger partial charge >= 0.3 is 0 Å². The van der Waals surface area contributed by atoms with Gasteiger partial charge in [0.1, 0.15) is 0 Å². The second-order valence-electron chi connectivity index (χ2n) is 12.9. The van der Waals surface area contributed by atoms with Crippen LogP contribution in [0.1, 0.15) is 0 Å². The third-order valence-corrected chi connectivity index (χ3v) is 9.77. The van der Waals surface area contributed by atoms with Gasteiger partial charge < -0.3 is 9.13 Å². The Morgan fingerprint density at radius 1 is 0.385 bits per heavy atom. The highest BCUT2D eigenvalue weighted by Gasteiger charge is 2.22. The summed E-state index contributed by atoms with van der Waals surface area (Å²) in [6.07, 6.45) is 2.19. The second kappa shape index (κ2) is 12.3. The van der Waals surface area contributed by atoms with E-state index in [1.54, 1.807) is 0 Å². The Balaban J connectivity index is 1.25. The molecule has 0 fully saturated rings. The van der Waals surface area contributed by atoms with E-state index in [1.165, 1.54) is 16.3 Å². The molecule has 52 heavy (non-hydrogen) atoms. The number of nitrogens with zero attached hydrogens (tertiary/aromatic N) is 5. The van der Waals surface area contributed by atoms with Gasteiger partial charge in [-0.15, -0.1) is 0 Å². The molecule has 0 atom stereocenters. The van der Waals surface area contributed by atoms with Crippen LogP contribution in [0.5, 0.6) is 0 Å². The van der Waals surface area contributed by atoms with Crippen LogP contribution in [0.3, 0.4) is 0 Å². The number of benzene rings is 7. The number of aromatic nitrogens is 5.